The van der Waals surface area contributed by atoms with Crippen LogP contribution in [0.2, 0.25) is 5.02 Å². The summed E-state index contributed by atoms with van der Waals surface area (Å²) in [5.74, 6) is 1.43. The average molecular weight is 270 g/mol. The fourth-order valence-electron chi connectivity index (χ4n) is 2.46. The number of halogens is 1. The smallest absolute Gasteiger partial charge is 0.125 e. The summed E-state index contributed by atoms with van der Waals surface area (Å²) in [5, 5.41) is 0.675. The topological polar surface area (TPSA) is 44.5 Å². The Kier molecular flexibility index (Phi) is 4.87. The Labute approximate surface area is 113 Å². The summed E-state index contributed by atoms with van der Waals surface area (Å²) < 4.78 is 10.7. The van der Waals surface area contributed by atoms with Crippen LogP contribution in [0.25, 0.3) is 0 Å². The SMILES string of the molecule is COc1cc(Cl)ccc1C(N)CC1CCOCC1. The van der Waals surface area contributed by atoms with Crippen LogP contribution >= 0.6 is 11.6 Å². The first-order valence-electron chi connectivity index (χ1n) is 6.37. The van der Waals surface area contributed by atoms with Gasteiger partial charge < -0.3 is 15.2 Å². The van der Waals surface area contributed by atoms with Crippen LogP contribution in [0.15, 0.2) is 18.2 Å². The molecule has 1 aromatic carbocycles. The van der Waals surface area contributed by atoms with Crippen LogP contribution < -0.4 is 10.5 Å². The molecule has 0 aliphatic carbocycles. The fourth-order valence-corrected chi connectivity index (χ4v) is 2.62. The van der Waals surface area contributed by atoms with E-state index in [9.17, 15) is 0 Å². The summed E-state index contributed by atoms with van der Waals surface area (Å²) in [6.07, 6.45) is 3.18. The lowest BCUT2D eigenvalue weighted by Gasteiger charge is -2.25. The maximum Gasteiger partial charge on any atom is 0.125 e. The number of ether oxygens (including phenoxy) is 2. The minimum absolute atomic E-state index is 0.000293. The minimum Gasteiger partial charge on any atom is -0.496 e. The Morgan fingerprint density at radius 1 is 1.44 bits per heavy atom. The molecule has 1 fully saturated rings. The van der Waals surface area contributed by atoms with E-state index in [4.69, 9.17) is 26.8 Å². The molecule has 0 spiro atoms. The largest absolute Gasteiger partial charge is 0.496 e. The highest BCUT2D eigenvalue weighted by Gasteiger charge is 2.20. The zero-order chi connectivity index (χ0) is 13.0. The molecule has 1 heterocycles. The molecular weight excluding hydrogens is 250 g/mol. The quantitative estimate of drug-likeness (QED) is 0.913. The number of nitrogens with two attached hydrogens (primary N) is 1. The monoisotopic (exact) mass is 269 g/mol. The molecule has 1 atom stereocenters. The first-order chi connectivity index (χ1) is 8.70. The van der Waals surface area contributed by atoms with E-state index < -0.39 is 0 Å². The second kappa shape index (κ2) is 6.41. The van der Waals surface area contributed by atoms with Crippen molar-refractivity contribution in [3.8, 4) is 5.75 Å². The van der Waals surface area contributed by atoms with E-state index in [2.05, 4.69) is 0 Å². The summed E-state index contributed by atoms with van der Waals surface area (Å²) in [6.45, 7) is 1.71. The van der Waals surface area contributed by atoms with Crippen molar-refractivity contribution >= 4 is 11.6 Å². The highest BCUT2D eigenvalue weighted by molar-refractivity contribution is 6.30. The van der Waals surface area contributed by atoms with Gasteiger partial charge in [-0.05, 0) is 37.3 Å². The van der Waals surface area contributed by atoms with E-state index in [0.29, 0.717) is 10.9 Å². The Balaban J connectivity index is 2.05. The van der Waals surface area contributed by atoms with Crippen molar-refractivity contribution in [1.82, 2.24) is 0 Å². The predicted octanol–water partition coefficient (Wildman–Crippen LogP) is 3.17. The van der Waals surface area contributed by atoms with Crippen molar-refractivity contribution < 1.29 is 9.47 Å². The predicted molar refractivity (Wildman–Crippen MR) is 73.1 cm³/mol. The van der Waals surface area contributed by atoms with Gasteiger partial charge in [-0.15, -0.1) is 0 Å². The van der Waals surface area contributed by atoms with Gasteiger partial charge in [0.05, 0.1) is 7.11 Å². The molecule has 0 amide bonds. The molecular formula is C14H20ClNO2. The summed E-state index contributed by atoms with van der Waals surface area (Å²) in [5.41, 5.74) is 7.32. The molecule has 18 heavy (non-hydrogen) atoms. The van der Waals surface area contributed by atoms with E-state index in [0.717, 1.165) is 43.8 Å². The van der Waals surface area contributed by atoms with Crippen LogP contribution in [0.3, 0.4) is 0 Å². The summed E-state index contributed by atoms with van der Waals surface area (Å²) in [7, 11) is 1.65. The van der Waals surface area contributed by atoms with Crippen molar-refractivity contribution in [2.45, 2.75) is 25.3 Å². The lowest BCUT2D eigenvalue weighted by atomic mass is 9.89. The van der Waals surface area contributed by atoms with Gasteiger partial charge in [-0.1, -0.05) is 17.7 Å². The summed E-state index contributed by atoms with van der Waals surface area (Å²) >= 11 is 5.95. The molecule has 1 aliphatic heterocycles. The number of methoxy groups -OCH3 is 1. The van der Waals surface area contributed by atoms with Crippen LogP contribution in [-0.4, -0.2) is 20.3 Å². The Bertz CT molecular complexity index is 391. The third-order valence-corrected chi connectivity index (χ3v) is 3.76. The zero-order valence-electron chi connectivity index (χ0n) is 10.7. The van der Waals surface area contributed by atoms with Crippen molar-refractivity contribution in [2.24, 2.45) is 11.7 Å². The highest BCUT2D eigenvalue weighted by atomic mass is 35.5. The molecule has 0 saturated carbocycles. The highest BCUT2D eigenvalue weighted by Crippen LogP contribution is 2.32. The maximum atomic E-state index is 6.29. The molecule has 3 nitrogen and oxygen atoms in total. The van der Waals surface area contributed by atoms with E-state index >= 15 is 0 Å². The average Bonchev–Trinajstić information content (AvgIpc) is 2.39. The standard InChI is InChI=1S/C14H20ClNO2/c1-17-14-9-11(15)2-3-12(14)13(16)8-10-4-6-18-7-5-10/h2-3,9-10,13H,4-8,16H2,1H3. The molecule has 0 radical (unpaired) electrons. The van der Waals surface area contributed by atoms with Gasteiger partial charge in [0.2, 0.25) is 0 Å². The van der Waals surface area contributed by atoms with Crippen molar-refractivity contribution in [2.75, 3.05) is 20.3 Å². The normalized spacial score (nSPS) is 18.6. The minimum atomic E-state index is 0.000293. The molecule has 2 N–H and O–H groups in total. The molecule has 0 bridgehead atoms. The Morgan fingerprint density at radius 3 is 2.83 bits per heavy atom. The summed E-state index contributed by atoms with van der Waals surface area (Å²) in [6, 6.07) is 5.65. The van der Waals surface area contributed by atoms with Gasteiger partial charge in [-0.2, -0.15) is 0 Å². The lowest BCUT2D eigenvalue weighted by molar-refractivity contribution is 0.0618. The second-order valence-corrected chi connectivity index (χ2v) is 5.22. The molecule has 4 heteroatoms. The van der Waals surface area contributed by atoms with Gasteiger partial charge in [0, 0.05) is 29.8 Å². The van der Waals surface area contributed by atoms with Crippen molar-refractivity contribution in [3.05, 3.63) is 28.8 Å². The van der Waals surface area contributed by atoms with Gasteiger partial charge >= 0.3 is 0 Å². The first-order valence-corrected chi connectivity index (χ1v) is 6.75. The van der Waals surface area contributed by atoms with Crippen molar-refractivity contribution in [3.63, 3.8) is 0 Å². The summed E-state index contributed by atoms with van der Waals surface area (Å²) in [4.78, 5) is 0. The third kappa shape index (κ3) is 3.37. The maximum absolute atomic E-state index is 6.29. The number of hydrogen-bond acceptors (Lipinski definition) is 3. The van der Waals surface area contributed by atoms with Crippen LogP contribution in [0.1, 0.15) is 30.9 Å². The second-order valence-electron chi connectivity index (χ2n) is 4.78. The van der Waals surface area contributed by atoms with Gasteiger partial charge in [0.15, 0.2) is 0 Å². The van der Waals surface area contributed by atoms with E-state index in [1.807, 2.05) is 18.2 Å². The van der Waals surface area contributed by atoms with Crippen LogP contribution in [0.4, 0.5) is 0 Å². The first kappa shape index (κ1) is 13.7. The van der Waals surface area contributed by atoms with Gasteiger partial charge in [-0.3, -0.25) is 0 Å². The molecule has 1 aromatic rings. The van der Waals surface area contributed by atoms with E-state index in [1.54, 1.807) is 7.11 Å². The molecule has 0 aromatic heterocycles. The van der Waals surface area contributed by atoms with E-state index in [1.165, 1.54) is 0 Å². The van der Waals surface area contributed by atoms with Crippen LogP contribution in [0, 0.1) is 5.92 Å². The Morgan fingerprint density at radius 2 is 2.17 bits per heavy atom. The lowest BCUT2D eigenvalue weighted by Crippen LogP contribution is -2.21. The van der Waals surface area contributed by atoms with Crippen molar-refractivity contribution in [1.29, 1.82) is 0 Å². The number of hydrogen-bond donors (Lipinski definition) is 1. The van der Waals surface area contributed by atoms with Gasteiger partial charge in [0.1, 0.15) is 5.75 Å². The molecule has 100 valence electrons. The molecule has 1 saturated heterocycles. The number of rotatable bonds is 4. The Hall–Kier alpha value is -0.770. The number of benzene rings is 1. The third-order valence-electron chi connectivity index (χ3n) is 3.52. The zero-order valence-corrected chi connectivity index (χ0v) is 11.5. The van der Waals surface area contributed by atoms with Crippen LogP contribution in [0.5, 0.6) is 5.75 Å². The molecule has 2 rings (SSSR count). The van der Waals surface area contributed by atoms with Gasteiger partial charge in [0.25, 0.3) is 0 Å². The van der Waals surface area contributed by atoms with E-state index in [-0.39, 0.29) is 6.04 Å². The van der Waals surface area contributed by atoms with Gasteiger partial charge in [-0.25, -0.2) is 0 Å². The molecule has 1 unspecified atom stereocenters. The van der Waals surface area contributed by atoms with Crippen LogP contribution in [-0.2, 0) is 4.74 Å². The fraction of sp³-hybridized carbons (Fsp3) is 0.571. The molecule has 1 aliphatic rings.